The average Bonchev–Trinajstić information content (AvgIpc) is 2.94. The van der Waals surface area contributed by atoms with Gasteiger partial charge in [0.25, 0.3) is 0 Å². The molecular weight excluding hydrogens is 545 g/mol. The Bertz CT molecular complexity index is 691. The number of allylic oxidation sites excluding steroid dienone is 4. The Kier molecular flexibility index (Phi) is 27.7. The summed E-state index contributed by atoms with van der Waals surface area (Å²) >= 11 is 0. The number of hydrogen-bond acceptors (Lipinski definition) is 5. The molecule has 0 fully saturated rings. The first-order valence-electron chi connectivity index (χ1n) is 17.4. The molecule has 0 saturated carbocycles. The van der Waals surface area contributed by atoms with Crippen molar-refractivity contribution in [3.05, 3.63) is 24.3 Å². The monoisotopic (exact) mass is 615 g/mol. The Labute approximate surface area is 261 Å². The van der Waals surface area contributed by atoms with Crippen LogP contribution in [-0.2, 0) is 18.6 Å². The lowest BCUT2D eigenvalue weighted by Gasteiger charge is -2.41. The Morgan fingerprint density at radius 1 is 0.667 bits per heavy atom. The van der Waals surface area contributed by atoms with Crippen molar-refractivity contribution in [2.24, 2.45) is 0 Å². The van der Waals surface area contributed by atoms with Crippen molar-refractivity contribution in [1.29, 1.82) is 0 Å². The first-order chi connectivity index (χ1) is 20.2. The van der Waals surface area contributed by atoms with Crippen LogP contribution in [-0.4, -0.2) is 64.4 Å². The molecule has 0 aliphatic rings. The zero-order valence-corrected chi connectivity index (χ0v) is 29.6. The van der Waals surface area contributed by atoms with Crippen molar-refractivity contribution in [3.8, 4) is 0 Å². The molecule has 0 heterocycles. The lowest BCUT2D eigenvalue weighted by Crippen LogP contribution is -2.47. The molecule has 250 valence electrons. The molecule has 0 aromatic carbocycles. The summed E-state index contributed by atoms with van der Waals surface area (Å²) in [6.07, 6.45) is 34.3. The summed E-state index contributed by atoms with van der Waals surface area (Å²) in [4.78, 5) is 12.6. The van der Waals surface area contributed by atoms with Gasteiger partial charge in [-0.05, 0) is 57.8 Å². The van der Waals surface area contributed by atoms with E-state index in [1.165, 1.54) is 103 Å². The second-order valence-corrected chi connectivity index (χ2v) is 14.8. The second kappa shape index (κ2) is 28.0. The van der Waals surface area contributed by atoms with Crippen LogP contribution in [0.25, 0.3) is 0 Å². The molecule has 0 amide bonds. The molecule has 3 atom stereocenters. The minimum atomic E-state index is -4.00. The average molecular weight is 616 g/mol. The molecule has 7 heteroatoms. The van der Waals surface area contributed by atoms with Crippen LogP contribution < -0.4 is 4.89 Å². The van der Waals surface area contributed by atoms with E-state index >= 15 is 0 Å². The fourth-order valence-electron chi connectivity index (χ4n) is 5.26. The van der Waals surface area contributed by atoms with E-state index in [1.54, 1.807) is 7.11 Å². The Morgan fingerprint density at radius 3 is 1.50 bits per heavy atom. The third-order valence-electron chi connectivity index (χ3n) is 7.91. The van der Waals surface area contributed by atoms with Crippen LogP contribution in [0.1, 0.15) is 142 Å². The number of rotatable bonds is 31. The van der Waals surface area contributed by atoms with E-state index in [1.807, 2.05) is 28.1 Å². The zero-order valence-electron chi connectivity index (χ0n) is 28.7. The van der Waals surface area contributed by atoms with Crippen LogP contribution in [0, 0.1) is 0 Å². The van der Waals surface area contributed by atoms with Gasteiger partial charge in [0, 0.05) is 20.1 Å². The molecule has 0 radical (unpaired) electrons. The lowest BCUT2D eigenvalue weighted by atomic mass is 10.1. The van der Waals surface area contributed by atoms with Crippen molar-refractivity contribution in [2.75, 3.05) is 48.1 Å². The minimum Gasteiger partial charge on any atom is -0.774 e. The summed E-state index contributed by atoms with van der Waals surface area (Å²) in [6.45, 7) is 5.14. The van der Waals surface area contributed by atoms with Crippen LogP contribution in [0.5, 0.6) is 0 Å². The molecule has 0 aliphatic carbocycles. The molecule has 0 N–H and O–H groups in total. The fraction of sp³-hybridized carbons (Fsp3) is 0.886. The van der Waals surface area contributed by atoms with Gasteiger partial charge in [0.2, 0.25) is 0 Å². The number of methoxy groups -OCH3 is 1. The van der Waals surface area contributed by atoms with Gasteiger partial charge in [0.15, 0.2) is 13.4 Å². The van der Waals surface area contributed by atoms with E-state index in [0.717, 1.165) is 19.3 Å². The molecule has 0 aromatic heterocycles. The van der Waals surface area contributed by atoms with E-state index < -0.39 is 13.4 Å². The van der Waals surface area contributed by atoms with Crippen molar-refractivity contribution in [3.63, 3.8) is 0 Å². The summed E-state index contributed by atoms with van der Waals surface area (Å²) in [5, 5.41) is 0. The SMILES string of the molecule is CCCCCC/C=C\CCCCCCCCCC/C=C\CCCCCOC[C@H](COP(=O)([O-])C(CC)[N+](C)(C)C)OC. The van der Waals surface area contributed by atoms with Crippen molar-refractivity contribution in [2.45, 2.75) is 154 Å². The molecule has 0 aromatic rings. The second-order valence-electron chi connectivity index (χ2n) is 12.8. The van der Waals surface area contributed by atoms with Crippen molar-refractivity contribution in [1.82, 2.24) is 0 Å². The molecule has 6 nitrogen and oxygen atoms in total. The van der Waals surface area contributed by atoms with Gasteiger partial charge < -0.3 is 27.9 Å². The normalized spacial score (nSPS) is 15.5. The predicted octanol–water partition coefficient (Wildman–Crippen LogP) is 9.57. The van der Waals surface area contributed by atoms with Crippen LogP contribution in [0.3, 0.4) is 0 Å². The smallest absolute Gasteiger partial charge is 0.193 e. The topological polar surface area (TPSA) is 67.8 Å². The molecular formula is C35H70NO5P. The van der Waals surface area contributed by atoms with Crippen molar-refractivity contribution >= 4 is 7.60 Å². The largest absolute Gasteiger partial charge is 0.774 e. The first-order valence-corrected chi connectivity index (χ1v) is 19.0. The zero-order chi connectivity index (χ0) is 31.4. The summed E-state index contributed by atoms with van der Waals surface area (Å²) in [5.74, 6) is -0.572. The Hall–Kier alpha value is -0.490. The first kappa shape index (κ1) is 41.5. The van der Waals surface area contributed by atoms with Gasteiger partial charge in [-0.1, -0.05) is 102 Å². The van der Waals surface area contributed by atoms with E-state index in [0.29, 0.717) is 24.1 Å². The highest BCUT2D eigenvalue weighted by molar-refractivity contribution is 7.51. The molecule has 0 aliphatic heterocycles. The molecule has 0 bridgehead atoms. The molecule has 0 spiro atoms. The molecule has 2 unspecified atom stereocenters. The van der Waals surface area contributed by atoms with Crippen LogP contribution >= 0.6 is 7.60 Å². The maximum absolute atomic E-state index is 12.6. The summed E-state index contributed by atoms with van der Waals surface area (Å²) < 4.78 is 29.4. The number of ether oxygens (including phenoxy) is 2. The fourth-order valence-corrected chi connectivity index (χ4v) is 7.10. The van der Waals surface area contributed by atoms with Crippen LogP contribution in [0.2, 0.25) is 0 Å². The Balaban J connectivity index is 3.56. The standard InChI is InChI=1S/C35H70NO5P/c1-7-9-10-11-12-13-14-15-16-17-18-19-20-21-22-23-24-25-26-27-28-29-30-31-40-32-34(39-6)33-41-42(37,38)35(8-2)36(3,4)5/h13-14,25-26,34-35H,7-12,15-24,27-33H2,1-6H3/b14-13-,26-25-/t34-,35?/m1/s1. The molecule has 0 rings (SSSR count). The predicted molar refractivity (Wildman–Crippen MR) is 179 cm³/mol. The lowest BCUT2D eigenvalue weighted by molar-refractivity contribution is -0.884. The van der Waals surface area contributed by atoms with Gasteiger partial charge in [0.05, 0.1) is 34.4 Å². The highest BCUT2D eigenvalue weighted by Crippen LogP contribution is 2.47. The van der Waals surface area contributed by atoms with E-state index in [9.17, 15) is 9.46 Å². The van der Waals surface area contributed by atoms with E-state index in [2.05, 4.69) is 31.2 Å². The third kappa shape index (κ3) is 24.9. The third-order valence-corrected chi connectivity index (χ3v) is 10.2. The Morgan fingerprint density at radius 2 is 1.10 bits per heavy atom. The number of unbranched alkanes of at least 4 members (excludes halogenated alkanes) is 16. The van der Waals surface area contributed by atoms with E-state index in [4.69, 9.17) is 14.0 Å². The quantitative estimate of drug-likeness (QED) is 0.0336. The summed E-state index contributed by atoms with van der Waals surface area (Å²) in [7, 11) is 3.18. The number of quaternary nitrogens is 1. The maximum Gasteiger partial charge on any atom is 0.193 e. The van der Waals surface area contributed by atoms with Gasteiger partial charge in [-0.3, -0.25) is 0 Å². The minimum absolute atomic E-state index is 0.00399. The van der Waals surface area contributed by atoms with Gasteiger partial charge in [-0.25, -0.2) is 0 Å². The van der Waals surface area contributed by atoms with Crippen LogP contribution in [0.15, 0.2) is 24.3 Å². The summed E-state index contributed by atoms with van der Waals surface area (Å²) in [5.41, 5.74) is 0. The van der Waals surface area contributed by atoms with Gasteiger partial charge in [-0.2, -0.15) is 0 Å². The number of nitrogens with zero attached hydrogens (tertiary/aromatic N) is 1. The summed E-state index contributed by atoms with van der Waals surface area (Å²) in [6, 6.07) is 0. The number of hydrogen-bond donors (Lipinski definition) is 0. The molecule has 42 heavy (non-hydrogen) atoms. The maximum atomic E-state index is 12.6. The highest BCUT2D eigenvalue weighted by Gasteiger charge is 2.34. The van der Waals surface area contributed by atoms with E-state index in [-0.39, 0.29) is 12.7 Å². The van der Waals surface area contributed by atoms with Gasteiger partial charge >= 0.3 is 0 Å². The highest BCUT2D eigenvalue weighted by atomic mass is 31.2. The van der Waals surface area contributed by atoms with Crippen LogP contribution in [0.4, 0.5) is 0 Å². The van der Waals surface area contributed by atoms with Gasteiger partial charge in [0.1, 0.15) is 6.10 Å². The van der Waals surface area contributed by atoms with Crippen molar-refractivity contribution < 1.29 is 27.9 Å². The van der Waals surface area contributed by atoms with Gasteiger partial charge in [-0.15, -0.1) is 0 Å². The molecule has 0 saturated heterocycles.